The van der Waals surface area contributed by atoms with Crippen LogP contribution in [0.4, 0.5) is 0 Å². The summed E-state index contributed by atoms with van der Waals surface area (Å²) < 4.78 is 11.3. The molecule has 0 aromatic heterocycles. The zero-order valence-electron chi connectivity index (χ0n) is 12.4. The smallest absolute Gasteiger partial charge is 0.119 e. The molecule has 1 aliphatic carbocycles. The molecule has 1 aliphatic heterocycles. The highest BCUT2D eigenvalue weighted by Crippen LogP contribution is 2.26. The molecule has 1 saturated carbocycles. The Hall–Kier alpha value is -1.06. The zero-order valence-corrected chi connectivity index (χ0v) is 12.4. The highest BCUT2D eigenvalue weighted by molar-refractivity contribution is 5.28. The number of benzene rings is 1. The maximum atomic E-state index is 5.96. The minimum Gasteiger partial charge on any atom is -0.497 e. The molecular weight excluding hydrogens is 250 g/mol. The Morgan fingerprint density at radius 3 is 2.95 bits per heavy atom. The summed E-state index contributed by atoms with van der Waals surface area (Å²) >= 11 is 0. The molecule has 110 valence electrons. The van der Waals surface area contributed by atoms with Crippen molar-refractivity contribution in [1.29, 1.82) is 0 Å². The van der Waals surface area contributed by atoms with Gasteiger partial charge in [-0.1, -0.05) is 25.0 Å². The predicted molar refractivity (Wildman–Crippen MR) is 80.3 cm³/mol. The third kappa shape index (κ3) is 3.33. The summed E-state index contributed by atoms with van der Waals surface area (Å²) in [5, 5.41) is 0. The second kappa shape index (κ2) is 6.59. The summed E-state index contributed by atoms with van der Waals surface area (Å²) in [4.78, 5) is 2.65. The average molecular weight is 275 g/mol. The van der Waals surface area contributed by atoms with Crippen LogP contribution in [0, 0.1) is 0 Å². The van der Waals surface area contributed by atoms with Crippen molar-refractivity contribution in [3.63, 3.8) is 0 Å². The van der Waals surface area contributed by atoms with E-state index in [1.54, 1.807) is 7.11 Å². The highest BCUT2D eigenvalue weighted by atomic mass is 16.5. The van der Waals surface area contributed by atoms with Crippen LogP contribution in [-0.2, 0) is 11.2 Å². The standard InChI is InChI=1S/C17H25NO2/c1-19-16-8-4-5-14(11-16)12-17-13-18(9-10-20-17)15-6-2-3-7-15/h4-5,8,11,15,17H,2-3,6-7,9-10,12-13H2,1H3. The summed E-state index contributed by atoms with van der Waals surface area (Å²) in [7, 11) is 1.72. The molecule has 3 heteroatoms. The lowest BCUT2D eigenvalue weighted by molar-refractivity contribution is -0.0415. The number of hydrogen-bond donors (Lipinski definition) is 0. The largest absolute Gasteiger partial charge is 0.497 e. The van der Waals surface area contributed by atoms with Gasteiger partial charge in [-0.05, 0) is 30.5 Å². The Kier molecular flexibility index (Phi) is 4.58. The number of rotatable bonds is 4. The van der Waals surface area contributed by atoms with Crippen molar-refractivity contribution in [3.05, 3.63) is 29.8 Å². The molecule has 1 heterocycles. The molecule has 0 N–H and O–H groups in total. The van der Waals surface area contributed by atoms with E-state index >= 15 is 0 Å². The van der Waals surface area contributed by atoms with Crippen LogP contribution in [0.5, 0.6) is 5.75 Å². The minimum absolute atomic E-state index is 0.330. The van der Waals surface area contributed by atoms with E-state index in [0.29, 0.717) is 6.10 Å². The first-order valence-corrected chi connectivity index (χ1v) is 7.84. The molecule has 2 fully saturated rings. The molecule has 3 nitrogen and oxygen atoms in total. The average Bonchev–Trinajstić information content (AvgIpc) is 3.02. The Balaban J connectivity index is 1.59. The van der Waals surface area contributed by atoms with E-state index in [0.717, 1.165) is 37.9 Å². The normalized spacial score (nSPS) is 24.9. The van der Waals surface area contributed by atoms with Gasteiger partial charge < -0.3 is 9.47 Å². The van der Waals surface area contributed by atoms with Gasteiger partial charge in [-0.25, -0.2) is 0 Å². The van der Waals surface area contributed by atoms with Crippen LogP contribution in [0.2, 0.25) is 0 Å². The van der Waals surface area contributed by atoms with E-state index in [9.17, 15) is 0 Å². The highest BCUT2D eigenvalue weighted by Gasteiger charge is 2.28. The quantitative estimate of drug-likeness (QED) is 0.843. The molecular formula is C17H25NO2. The molecule has 1 aromatic rings. The van der Waals surface area contributed by atoms with Crippen LogP contribution in [0.25, 0.3) is 0 Å². The molecule has 20 heavy (non-hydrogen) atoms. The van der Waals surface area contributed by atoms with Crippen LogP contribution in [-0.4, -0.2) is 43.9 Å². The number of hydrogen-bond acceptors (Lipinski definition) is 3. The van der Waals surface area contributed by atoms with E-state index in [4.69, 9.17) is 9.47 Å². The summed E-state index contributed by atoms with van der Waals surface area (Å²) in [5.41, 5.74) is 1.31. The lowest BCUT2D eigenvalue weighted by Crippen LogP contribution is -2.47. The van der Waals surface area contributed by atoms with Crippen LogP contribution in [0.3, 0.4) is 0 Å². The predicted octanol–water partition coefficient (Wildman–Crippen LogP) is 2.88. The molecule has 0 spiro atoms. The fraction of sp³-hybridized carbons (Fsp3) is 0.647. The Morgan fingerprint density at radius 2 is 2.15 bits per heavy atom. The molecule has 3 rings (SSSR count). The summed E-state index contributed by atoms with van der Waals surface area (Å²) in [6, 6.07) is 9.16. The van der Waals surface area contributed by atoms with Crippen LogP contribution in [0.1, 0.15) is 31.2 Å². The van der Waals surface area contributed by atoms with Crippen LogP contribution >= 0.6 is 0 Å². The van der Waals surface area contributed by atoms with E-state index in [-0.39, 0.29) is 0 Å². The van der Waals surface area contributed by atoms with E-state index in [1.807, 2.05) is 6.07 Å². The number of methoxy groups -OCH3 is 1. The molecule has 0 bridgehead atoms. The topological polar surface area (TPSA) is 21.7 Å². The third-order valence-corrected chi connectivity index (χ3v) is 4.61. The molecule has 0 radical (unpaired) electrons. The number of morpholine rings is 1. The van der Waals surface area contributed by atoms with E-state index in [1.165, 1.54) is 31.2 Å². The van der Waals surface area contributed by atoms with Gasteiger partial charge in [0.2, 0.25) is 0 Å². The maximum Gasteiger partial charge on any atom is 0.119 e. The van der Waals surface area contributed by atoms with Crippen molar-refractivity contribution in [3.8, 4) is 5.75 Å². The third-order valence-electron chi connectivity index (χ3n) is 4.61. The van der Waals surface area contributed by atoms with Gasteiger partial charge >= 0.3 is 0 Å². The van der Waals surface area contributed by atoms with Crippen molar-refractivity contribution in [2.45, 2.75) is 44.2 Å². The van der Waals surface area contributed by atoms with Crippen LogP contribution < -0.4 is 4.74 Å². The maximum absolute atomic E-state index is 5.96. The molecule has 1 unspecified atom stereocenters. The van der Waals surface area contributed by atoms with Gasteiger partial charge in [0.05, 0.1) is 19.8 Å². The molecule has 1 saturated heterocycles. The van der Waals surface area contributed by atoms with E-state index in [2.05, 4.69) is 23.1 Å². The number of nitrogens with zero attached hydrogens (tertiary/aromatic N) is 1. The van der Waals surface area contributed by atoms with Gasteiger partial charge in [-0.2, -0.15) is 0 Å². The fourth-order valence-electron chi connectivity index (χ4n) is 3.53. The van der Waals surface area contributed by atoms with Crippen molar-refractivity contribution in [2.75, 3.05) is 26.8 Å². The summed E-state index contributed by atoms with van der Waals surface area (Å²) in [6.07, 6.45) is 6.89. The van der Waals surface area contributed by atoms with Crippen molar-refractivity contribution < 1.29 is 9.47 Å². The van der Waals surface area contributed by atoms with Gasteiger partial charge in [0.15, 0.2) is 0 Å². The van der Waals surface area contributed by atoms with Gasteiger partial charge in [-0.15, -0.1) is 0 Å². The SMILES string of the molecule is COc1cccc(CC2CN(C3CCCC3)CCO2)c1. The first-order chi connectivity index (χ1) is 9.85. The number of ether oxygens (including phenoxy) is 2. The van der Waals surface area contributed by atoms with Crippen molar-refractivity contribution in [1.82, 2.24) is 4.90 Å². The first-order valence-electron chi connectivity index (χ1n) is 7.84. The summed E-state index contributed by atoms with van der Waals surface area (Å²) in [6.45, 7) is 3.08. The zero-order chi connectivity index (χ0) is 13.8. The monoisotopic (exact) mass is 275 g/mol. The van der Waals surface area contributed by atoms with E-state index < -0.39 is 0 Å². The van der Waals surface area contributed by atoms with Gasteiger partial charge in [-0.3, -0.25) is 4.90 Å². The second-order valence-electron chi connectivity index (χ2n) is 5.98. The second-order valence-corrected chi connectivity index (χ2v) is 5.98. The minimum atomic E-state index is 0.330. The first kappa shape index (κ1) is 13.9. The van der Waals surface area contributed by atoms with Crippen LogP contribution in [0.15, 0.2) is 24.3 Å². The Morgan fingerprint density at radius 1 is 1.30 bits per heavy atom. The molecule has 1 aromatic carbocycles. The molecule has 2 aliphatic rings. The lowest BCUT2D eigenvalue weighted by Gasteiger charge is -2.37. The van der Waals surface area contributed by atoms with Gasteiger partial charge in [0.1, 0.15) is 5.75 Å². The molecule has 1 atom stereocenters. The van der Waals surface area contributed by atoms with Crippen molar-refractivity contribution in [2.24, 2.45) is 0 Å². The Bertz CT molecular complexity index is 429. The van der Waals surface area contributed by atoms with Crippen molar-refractivity contribution >= 4 is 0 Å². The lowest BCUT2D eigenvalue weighted by atomic mass is 10.0. The van der Waals surface area contributed by atoms with Gasteiger partial charge in [0, 0.05) is 25.6 Å². The fourth-order valence-corrected chi connectivity index (χ4v) is 3.53. The van der Waals surface area contributed by atoms with Gasteiger partial charge in [0.25, 0.3) is 0 Å². The Labute approximate surface area is 121 Å². The summed E-state index contributed by atoms with van der Waals surface area (Å²) in [5.74, 6) is 0.936. The molecule has 0 amide bonds.